The van der Waals surface area contributed by atoms with Crippen LogP contribution in [0.3, 0.4) is 0 Å². The predicted octanol–water partition coefficient (Wildman–Crippen LogP) is 2.33. The van der Waals surface area contributed by atoms with Crippen LogP contribution in [0, 0.1) is 6.92 Å². The van der Waals surface area contributed by atoms with Gasteiger partial charge in [0.05, 0.1) is 11.9 Å². The summed E-state index contributed by atoms with van der Waals surface area (Å²) in [4.78, 5) is 17.0. The molecule has 0 aliphatic carbocycles. The third-order valence-electron chi connectivity index (χ3n) is 4.55. The topological polar surface area (TPSA) is 69.7 Å². The van der Waals surface area contributed by atoms with Crippen LogP contribution in [0.25, 0.3) is 0 Å². The van der Waals surface area contributed by atoms with Crippen LogP contribution < -0.4 is 9.62 Å². The molecule has 1 saturated heterocycles. The highest BCUT2D eigenvalue weighted by molar-refractivity contribution is 7.92. The van der Waals surface area contributed by atoms with Gasteiger partial charge in [0.15, 0.2) is 0 Å². The molecule has 1 aliphatic rings. The van der Waals surface area contributed by atoms with Crippen molar-refractivity contribution in [2.24, 2.45) is 0 Å². The summed E-state index contributed by atoms with van der Waals surface area (Å²) in [6.45, 7) is 4.58. The Morgan fingerprint density at radius 3 is 2.23 bits per heavy atom. The zero-order chi connectivity index (χ0) is 18.7. The summed E-state index contributed by atoms with van der Waals surface area (Å²) < 4.78 is 25.5. The number of piperazine rings is 1. The minimum Gasteiger partial charge on any atom is -0.368 e. The minimum absolute atomic E-state index is 0.0626. The van der Waals surface area contributed by atoms with Crippen LogP contribution in [0.15, 0.2) is 48.5 Å². The molecule has 1 heterocycles. The second kappa shape index (κ2) is 7.37. The molecule has 0 atom stereocenters. The first kappa shape index (κ1) is 18.3. The van der Waals surface area contributed by atoms with Crippen molar-refractivity contribution in [3.63, 3.8) is 0 Å². The maximum absolute atomic E-state index is 12.9. The van der Waals surface area contributed by atoms with Gasteiger partial charge in [0.2, 0.25) is 10.0 Å². The molecule has 6 nitrogen and oxygen atoms in total. The van der Waals surface area contributed by atoms with E-state index in [4.69, 9.17) is 0 Å². The Bertz CT molecular complexity index is 890. The maximum Gasteiger partial charge on any atom is 0.254 e. The average molecular weight is 373 g/mol. The number of amides is 1. The number of nitrogens with one attached hydrogen (secondary N) is 1. The molecular weight excluding hydrogens is 350 g/mol. The van der Waals surface area contributed by atoms with Gasteiger partial charge >= 0.3 is 0 Å². The smallest absolute Gasteiger partial charge is 0.254 e. The van der Waals surface area contributed by atoms with Crippen LogP contribution in [0.4, 0.5) is 11.4 Å². The molecule has 1 amide bonds. The van der Waals surface area contributed by atoms with E-state index in [1.807, 2.05) is 23.1 Å². The lowest BCUT2D eigenvalue weighted by Gasteiger charge is -2.36. The number of anilines is 2. The largest absolute Gasteiger partial charge is 0.368 e. The van der Waals surface area contributed by atoms with Crippen molar-refractivity contribution in [3.05, 3.63) is 59.7 Å². The minimum atomic E-state index is -3.39. The lowest BCUT2D eigenvalue weighted by atomic mass is 10.1. The normalized spacial score (nSPS) is 15.0. The fraction of sp³-hybridized carbons (Fsp3) is 0.316. The first-order valence-electron chi connectivity index (χ1n) is 8.52. The van der Waals surface area contributed by atoms with E-state index < -0.39 is 10.0 Å². The van der Waals surface area contributed by atoms with E-state index in [0.717, 1.165) is 25.0 Å². The highest BCUT2D eigenvalue weighted by Crippen LogP contribution is 2.23. The molecule has 2 aromatic rings. The average Bonchev–Trinajstić information content (AvgIpc) is 2.63. The van der Waals surface area contributed by atoms with E-state index >= 15 is 0 Å². The SMILES string of the molecule is Cc1c(NS(C)(=O)=O)cccc1C(=O)N1CCN(c2ccccc2)CC1. The number of sulfonamides is 1. The quantitative estimate of drug-likeness (QED) is 0.893. The van der Waals surface area contributed by atoms with Crippen molar-refractivity contribution in [2.75, 3.05) is 42.1 Å². The lowest BCUT2D eigenvalue weighted by molar-refractivity contribution is 0.0746. The third kappa shape index (κ3) is 4.16. The number of benzene rings is 2. The van der Waals surface area contributed by atoms with E-state index in [9.17, 15) is 13.2 Å². The molecule has 2 aromatic carbocycles. The van der Waals surface area contributed by atoms with Crippen molar-refractivity contribution in [3.8, 4) is 0 Å². The van der Waals surface area contributed by atoms with E-state index in [1.165, 1.54) is 0 Å². The summed E-state index contributed by atoms with van der Waals surface area (Å²) >= 11 is 0. The molecule has 0 bridgehead atoms. The molecule has 0 unspecified atom stereocenters. The van der Waals surface area contributed by atoms with Crippen molar-refractivity contribution in [2.45, 2.75) is 6.92 Å². The van der Waals surface area contributed by atoms with Crippen LogP contribution >= 0.6 is 0 Å². The molecule has 1 N–H and O–H groups in total. The van der Waals surface area contributed by atoms with Gasteiger partial charge < -0.3 is 9.80 Å². The van der Waals surface area contributed by atoms with Gasteiger partial charge in [-0.25, -0.2) is 8.42 Å². The van der Waals surface area contributed by atoms with Gasteiger partial charge in [0.1, 0.15) is 0 Å². The summed E-state index contributed by atoms with van der Waals surface area (Å²) in [5, 5.41) is 0. The Kier molecular flexibility index (Phi) is 5.18. The van der Waals surface area contributed by atoms with Crippen LogP contribution in [0.1, 0.15) is 15.9 Å². The summed E-state index contributed by atoms with van der Waals surface area (Å²) in [7, 11) is -3.39. The van der Waals surface area contributed by atoms with Gasteiger partial charge in [0, 0.05) is 37.4 Å². The number of carbonyl (C=O) groups is 1. The zero-order valence-corrected chi connectivity index (χ0v) is 15.8. The van der Waals surface area contributed by atoms with Gasteiger partial charge in [-0.15, -0.1) is 0 Å². The molecule has 0 spiro atoms. The van der Waals surface area contributed by atoms with Crippen molar-refractivity contribution < 1.29 is 13.2 Å². The number of hydrogen-bond donors (Lipinski definition) is 1. The highest BCUT2D eigenvalue weighted by Gasteiger charge is 2.24. The van der Waals surface area contributed by atoms with Crippen molar-refractivity contribution in [1.29, 1.82) is 0 Å². The molecular formula is C19H23N3O3S. The van der Waals surface area contributed by atoms with Crippen LogP contribution in [0.5, 0.6) is 0 Å². The fourth-order valence-electron chi connectivity index (χ4n) is 3.15. The highest BCUT2D eigenvalue weighted by atomic mass is 32.2. The van der Waals surface area contributed by atoms with E-state index in [2.05, 4.69) is 21.8 Å². The molecule has 0 aromatic heterocycles. The summed E-state index contributed by atoms with van der Waals surface area (Å²) in [6.07, 6.45) is 1.10. The van der Waals surface area contributed by atoms with E-state index in [1.54, 1.807) is 25.1 Å². The van der Waals surface area contributed by atoms with Crippen molar-refractivity contribution in [1.82, 2.24) is 4.90 Å². The number of para-hydroxylation sites is 1. The number of carbonyl (C=O) groups excluding carboxylic acids is 1. The monoisotopic (exact) mass is 373 g/mol. The molecule has 7 heteroatoms. The van der Waals surface area contributed by atoms with Crippen LogP contribution in [0.2, 0.25) is 0 Å². The Labute approximate surface area is 154 Å². The second-order valence-electron chi connectivity index (χ2n) is 6.47. The van der Waals surface area contributed by atoms with Crippen LogP contribution in [-0.2, 0) is 10.0 Å². The van der Waals surface area contributed by atoms with Gasteiger partial charge in [-0.05, 0) is 36.8 Å². The Morgan fingerprint density at radius 1 is 0.962 bits per heavy atom. The molecule has 26 heavy (non-hydrogen) atoms. The van der Waals surface area contributed by atoms with Crippen LogP contribution in [-0.4, -0.2) is 51.7 Å². The zero-order valence-electron chi connectivity index (χ0n) is 15.0. The Balaban J connectivity index is 1.72. The summed E-state index contributed by atoms with van der Waals surface area (Å²) in [5.41, 5.74) is 2.79. The van der Waals surface area contributed by atoms with Gasteiger partial charge in [-0.1, -0.05) is 24.3 Å². The Morgan fingerprint density at radius 2 is 1.62 bits per heavy atom. The molecule has 3 rings (SSSR count). The molecule has 0 radical (unpaired) electrons. The first-order valence-corrected chi connectivity index (χ1v) is 10.4. The molecule has 138 valence electrons. The predicted molar refractivity (Wildman–Crippen MR) is 104 cm³/mol. The standard InChI is InChI=1S/C19H23N3O3S/c1-15-17(9-6-10-18(15)20-26(2,24)25)19(23)22-13-11-21(12-14-22)16-7-4-3-5-8-16/h3-10,20H,11-14H2,1-2H3. The lowest BCUT2D eigenvalue weighted by Crippen LogP contribution is -2.49. The van der Waals surface area contributed by atoms with Gasteiger partial charge in [-0.3, -0.25) is 9.52 Å². The van der Waals surface area contributed by atoms with E-state index in [0.29, 0.717) is 29.9 Å². The third-order valence-corrected chi connectivity index (χ3v) is 5.14. The van der Waals surface area contributed by atoms with Crippen molar-refractivity contribution >= 4 is 27.3 Å². The molecule has 1 aliphatic heterocycles. The summed E-state index contributed by atoms with van der Waals surface area (Å²) in [6, 6.07) is 15.3. The van der Waals surface area contributed by atoms with Gasteiger partial charge in [-0.2, -0.15) is 0 Å². The van der Waals surface area contributed by atoms with Gasteiger partial charge in [0.25, 0.3) is 5.91 Å². The molecule has 1 fully saturated rings. The number of nitrogens with zero attached hydrogens (tertiary/aromatic N) is 2. The van der Waals surface area contributed by atoms with E-state index in [-0.39, 0.29) is 5.91 Å². The maximum atomic E-state index is 12.9. The number of rotatable bonds is 4. The summed E-state index contributed by atoms with van der Waals surface area (Å²) in [5.74, 6) is -0.0626. The fourth-order valence-corrected chi connectivity index (χ4v) is 3.78. The molecule has 0 saturated carbocycles. The number of hydrogen-bond acceptors (Lipinski definition) is 4. The Hall–Kier alpha value is -2.54. The first-order chi connectivity index (χ1) is 12.3. The second-order valence-corrected chi connectivity index (χ2v) is 8.22.